The summed E-state index contributed by atoms with van der Waals surface area (Å²) in [5.74, 6) is -2.66. The first-order chi connectivity index (χ1) is 13.9. The van der Waals surface area contributed by atoms with Crippen molar-refractivity contribution < 1.29 is 43.2 Å². The van der Waals surface area contributed by atoms with Crippen LogP contribution < -0.4 is 5.73 Å². The Hall–Kier alpha value is -2.66. The number of aliphatic hydroxyl groups excluding tert-OH is 1. The predicted octanol–water partition coefficient (Wildman–Crippen LogP) is 0.410. The molecule has 2 rings (SSSR count). The fraction of sp³-hybridized carbons (Fsp3) is 0.684. The van der Waals surface area contributed by atoms with E-state index in [1.54, 1.807) is 20.8 Å². The highest BCUT2D eigenvalue weighted by Gasteiger charge is 2.57. The van der Waals surface area contributed by atoms with Gasteiger partial charge in [0.1, 0.15) is 23.5 Å². The normalized spacial score (nSPS) is 33.6. The number of hydrogen-bond acceptors (Lipinski definition) is 9. The summed E-state index contributed by atoms with van der Waals surface area (Å²) in [6, 6.07) is -0.934. The van der Waals surface area contributed by atoms with E-state index in [9.17, 15) is 24.3 Å². The highest BCUT2D eigenvalue weighted by molar-refractivity contribution is 6.26. The van der Waals surface area contributed by atoms with E-state index in [1.165, 1.54) is 25.9 Å². The Labute approximate surface area is 174 Å². The number of aliphatic hydroxyl groups is 1. The third-order valence-electron chi connectivity index (χ3n) is 5.10. The molecule has 3 N–H and O–H groups in total. The number of ketones is 1. The number of hydrogen-bond donors (Lipinski definition) is 2. The molecule has 0 radical (unpaired) electrons. The maximum Gasteiger partial charge on any atom is 0.405 e. The van der Waals surface area contributed by atoms with Gasteiger partial charge in [0.05, 0.1) is 6.10 Å². The molecule has 2 amide bonds. The number of likely N-dealkylation sites (tertiary alicyclic amines) is 1. The summed E-state index contributed by atoms with van der Waals surface area (Å²) in [6.07, 6.45) is -6.50. The monoisotopic (exact) mass is 428 g/mol. The summed E-state index contributed by atoms with van der Waals surface area (Å²) in [6.45, 7) is 7.46. The molecule has 0 aromatic carbocycles. The second kappa shape index (κ2) is 9.00. The average Bonchev–Trinajstić information content (AvgIpc) is 2.87. The molecule has 0 saturated carbocycles. The molecule has 30 heavy (non-hydrogen) atoms. The molecule has 0 bridgehead atoms. The largest absolute Gasteiger partial charge is 0.512 e. The van der Waals surface area contributed by atoms with Crippen molar-refractivity contribution in [3.63, 3.8) is 0 Å². The molecule has 0 aromatic heterocycles. The first kappa shape index (κ1) is 23.6. The molecule has 2 fully saturated rings. The van der Waals surface area contributed by atoms with Crippen LogP contribution >= 0.6 is 0 Å². The van der Waals surface area contributed by atoms with Crippen LogP contribution in [0.25, 0.3) is 0 Å². The lowest BCUT2D eigenvalue weighted by atomic mass is 9.95. The minimum atomic E-state index is -1.16. The summed E-state index contributed by atoms with van der Waals surface area (Å²) >= 11 is 0. The molecule has 11 nitrogen and oxygen atoms in total. The van der Waals surface area contributed by atoms with Gasteiger partial charge in [0.2, 0.25) is 0 Å². The summed E-state index contributed by atoms with van der Waals surface area (Å²) in [5.41, 5.74) is 4.80. The van der Waals surface area contributed by atoms with Gasteiger partial charge in [-0.05, 0) is 19.8 Å². The van der Waals surface area contributed by atoms with Crippen LogP contribution in [0, 0.1) is 5.92 Å². The van der Waals surface area contributed by atoms with Gasteiger partial charge in [0.25, 0.3) is 5.91 Å². The summed E-state index contributed by atoms with van der Waals surface area (Å²) < 4.78 is 21.8. The van der Waals surface area contributed by atoms with Gasteiger partial charge in [0.15, 0.2) is 24.2 Å². The Balaban J connectivity index is 2.54. The number of methoxy groups -OCH3 is 1. The first-order valence-corrected chi connectivity index (χ1v) is 9.50. The number of esters is 1. The van der Waals surface area contributed by atoms with E-state index in [-0.39, 0.29) is 11.5 Å². The number of rotatable bonds is 5. The van der Waals surface area contributed by atoms with E-state index in [0.717, 1.165) is 0 Å². The van der Waals surface area contributed by atoms with Crippen LogP contribution in [0.5, 0.6) is 0 Å². The number of allylic oxidation sites excluding steroid dienone is 1. The number of nitrogens with two attached hydrogens (primary N) is 1. The van der Waals surface area contributed by atoms with E-state index in [0.29, 0.717) is 0 Å². The number of ether oxygens (including phenoxy) is 4. The number of primary amides is 1. The molecular weight excluding hydrogens is 400 g/mol. The number of carbonyl (C=O) groups is 4. The van der Waals surface area contributed by atoms with E-state index in [1.807, 2.05) is 0 Å². The van der Waals surface area contributed by atoms with Crippen LogP contribution in [0.15, 0.2) is 11.3 Å². The van der Waals surface area contributed by atoms with Gasteiger partial charge in [-0.25, -0.2) is 4.79 Å². The van der Waals surface area contributed by atoms with Crippen molar-refractivity contribution in [3.05, 3.63) is 11.3 Å². The molecule has 6 unspecified atom stereocenters. The number of nitrogens with zero attached hydrogens (tertiary/aromatic N) is 1. The fourth-order valence-corrected chi connectivity index (χ4v) is 3.95. The third-order valence-corrected chi connectivity index (χ3v) is 5.10. The Kier molecular flexibility index (Phi) is 7.09. The summed E-state index contributed by atoms with van der Waals surface area (Å²) in [7, 11) is 1.30. The maximum absolute atomic E-state index is 13.1. The molecule has 0 spiro atoms. The molecule has 0 aliphatic carbocycles. The first-order valence-electron chi connectivity index (χ1n) is 9.50. The molecule has 2 heterocycles. The molecule has 0 aromatic rings. The van der Waals surface area contributed by atoms with Crippen molar-refractivity contribution in [2.24, 2.45) is 11.7 Å². The van der Waals surface area contributed by atoms with Crippen LogP contribution in [0.3, 0.4) is 0 Å². The lowest BCUT2D eigenvalue weighted by molar-refractivity contribution is -0.264. The molecule has 6 atom stereocenters. The second-order valence-corrected chi connectivity index (χ2v) is 7.63. The van der Waals surface area contributed by atoms with Gasteiger partial charge >= 0.3 is 12.1 Å². The highest BCUT2D eigenvalue weighted by atomic mass is 16.6. The van der Waals surface area contributed by atoms with Crippen molar-refractivity contribution in [3.8, 4) is 0 Å². The number of carbonyl (C=O) groups excluding carboxylic acids is 4. The molecule has 2 aliphatic heterocycles. The van der Waals surface area contributed by atoms with E-state index >= 15 is 0 Å². The number of Topliss-reactive ketones (excluding diaryl/α,β-unsaturated/α-hetero) is 1. The van der Waals surface area contributed by atoms with Gasteiger partial charge in [-0.2, -0.15) is 0 Å². The van der Waals surface area contributed by atoms with Crippen molar-refractivity contribution >= 4 is 23.8 Å². The van der Waals surface area contributed by atoms with Crippen molar-refractivity contribution in [1.29, 1.82) is 0 Å². The molecular formula is C19H28N2O9. The smallest absolute Gasteiger partial charge is 0.405 e. The maximum atomic E-state index is 13.1. The molecule has 168 valence electrons. The molecule has 2 aliphatic rings. The fourth-order valence-electron chi connectivity index (χ4n) is 3.95. The Bertz CT molecular complexity index is 759. The molecule has 2 saturated heterocycles. The van der Waals surface area contributed by atoms with Crippen LogP contribution in [-0.4, -0.2) is 77.6 Å². The van der Waals surface area contributed by atoms with Crippen LogP contribution in [-0.2, 0) is 33.3 Å². The zero-order chi connectivity index (χ0) is 22.9. The van der Waals surface area contributed by atoms with E-state index in [2.05, 4.69) is 0 Å². The van der Waals surface area contributed by atoms with Gasteiger partial charge < -0.3 is 29.8 Å². The zero-order valence-electron chi connectivity index (χ0n) is 17.8. The van der Waals surface area contributed by atoms with Crippen LogP contribution in [0.1, 0.15) is 34.6 Å². The topological polar surface area (TPSA) is 155 Å². The minimum Gasteiger partial charge on any atom is -0.512 e. The van der Waals surface area contributed by atoms with Gasteiger partial charge in [-0.15, -0.1) is 0 Å². The summed E-state index contributed by atoms with van der Waals surface area (Å²) in [5, 5.41) is 9.89. The lowest BCUT2D eigenvalue weighted by Gasteiger charge is -2.47. The minimum absolute atomic E-state index is 0.318. The quantitative estimate of drug-likeness (QED) is 0.274. The highest BCUT2D eigenvalue weighted by Crippen LogP contribution is 2.36. The molecule has 11 heteroatoms. The van der Waals surface area contributed by atoms with E-state index < -0.39 is 66.2 Å². The van der Waals surface area contributed by atoms with Crippen LogP contribution in [0.4, 0.5) is 4.79 Å². The van der Waals surface area contributed by atoms with E-state index in [4.69, 9.17) is 24.7 Å². The Morgan fingerprint density at radius 3 is 2.17 bits per heavy atom. The zero-order valence-corrected chi connectivity index (χ0v) is 17.8. The summed E-state index contributed by atoms with van der Waals surface area (Å²) in [4.78, 5) is 50.2. The Morgan fingerprint density at radius 1 is 1.13 bits per heavy atom. The second-order valence-electron chi connectivity index (χ2n) is 7.63. The van der Waals surface area contributed by atoms with Gasteiger partial charge in [-0.1, -0.05) is 13.8 Å². The van der Waals surface area contributed by atoms with Crippen LogP contribution in [0.2, 0.25) is 0 Å². The number of amides is 2. The lowest BCUT2D eigenvalue weighted by Crippen LogP contribution is -2.66. The van der Waals surface area contributed by atoms with Gasteiger partial charge in [0, 0.05) is 14.0 Å². The standard InChI is InChI=1S/C19H28N2O9/c1-7(2)12-13(24)11(8(3)22)17(25)21(12)18-16(27-6)15(29-10(5)23)14(9(4)28-18)30-19(20)26/h7,9,12,14-16,18,22H,1-6H3,(H2,20,26)/b11-8-. The predicted molar refractivity (Wildman–Crippen MR) is 101 cm³/mol. The van der Waals surface area contributed by atoms with Gasteiger partial charge in [-0.3, -0.25) is 19.3 Å². The SMILES string of the molecule is COC1C(OC(C)=O)C(OC(N)=O)C(C)OC1N1C(=O)/C(=C(/C)O)C(=O)C1C(C)C. The average molecular weight is 428 g/mol. The van der Waals surface area contributed by atoms with Crippen molar-refractivity contribution in [2.75, 3.05) is 7.11 Å². The van der Waals surface area contributed by atoms with Crippen molar-refractivity contribution in [1.82, 2.24) is 4.90 Å². The third kappa shape index (κ3) is 4.26. The van der Waals surface area contributed by atoms with Crippen molar-refractivity contribution in [2.45, 2.75) is 71.3 Å². The Morgan fingerprint density at radius 2 is 1.73 bits per heavy atom.